The zero-order valence-corrected chi connectivity index (χ0v) is 13.2. The van der Waals surface area contributed by atoms with E-state index in [4.69, 9.17) is 0 Å². The molecule has 3 heterocycles. The molecule has 2 aliphatic rings. The number of carbonyl (C=O) groups excluding carboxylic acids is 1. The molecule has 1 aromatic heterocycles. The van der Waals surface area contributed by atoms with Crippen molar-refractivity contribution in [2.45, 2.75) is 18.5 Å². The molecule has 2 fully saturated rings. The summed E-state index contributed by atoms with van der Waals surface area (Å²) in [6.45, 7) is 1.82. The third-order valence-corrected chi connectivity index (χ3v) is 4.81. The fourth-order valence-corrected chi connectivity index (χ4v) is 3.62. The lowest BCUT2D eigenvalue weighted by molar-refractivity contribution is 0.104. The summed E-state index contributed by atoms with van der Waals surface area (Å²) in [7, 11) is 0. The number of allylic oxidation sites excluding steroid dienone is 1. The SMILES string of the molecule is O=C(/C=C/N1CC2CC1CN2c1ccccn1)c1ccccc1O. The lowest BCUT2D eigenvalue weighted by atomic mass is 10.1. The minimum atomic E-state index is -0.169. The average molecular weight is 321 g/mol. The molecule has 122 valence electrons. The van der Waals surface area contributed by atoms with E-state index in [1.807, 2.05) is 30.6 Å². The number of para-hydroxylation sites is 1. The first-order chi connectivity index (χ1) is 11.7. The second kappa shape index (κ2) is 6.00. The molecule has 2 aromatic rings. The number of piperazine rings is 1. The maximum atomic E-state index is 12.2. The van der Waals surface area contributed by atoms with E-state index in [-0.39, 0.29) is 11.5 Å². The highest BCUT2D eigenvalue weighted by atomic mass is 16.3. The zero-order valence-electron chi connectivity index (χ0n) is 13.2. The molecule has 0 aliphatic carbocycles. The molecule has 2 unspecified atom stereocenters. The Balaban J connectivity index is 1.42. The summed E-state index contributed by atoms with van der Waals surface area (Å²) in [6.07, 6.45) is 6.34. The van der Waals surface area contributed by atoms with Gasteiger partial charge in [-0.1, -0.05) is 18.2 Å². The van der Waals surface area contributed by atoms with Crippen molar-refractivity contribution in [3.05, 3.63) is 66.5 Å². The number of aromatic hydroxyl groups is 1. The van der Waals surface area contributed by atoms with Gasteiger partial charge in [0.2, 0.25) is 0 Å². The predicted octanol–water partition coefficient (Wildman–Crippen LogP) is 2.45. The van der Waals surface area contributed by atoms with Crippen LogP contribution >= 0.6 is 0 Å². The van der Waals surface area contributed by atoms with Gasteiger partial charge >= 0.3 is 0 Å². The molecule has 5 heteroatoms. The number of fused-ring (bicyclic) bond motifs is 2. The number of hydrogen-bond acceptors (Lipinski definition) is 5. The lowest BCUT2D eigenvalue weighted by Gasteiger charge is -2.34. The first-order valence-electron chi connectivity index (χ1n) is 8.16. The second-order valence-corrected chi connectivity index (χ2v) is 6.28. The van der Waals surface area contributed by atoms with Gasteiger partial charge in [0.1, 0.15) is 11.6 Å². The van der Waals surface area contributed by atoms with E-state index in [1.165, 1.54) is 6.07 Å². The molecule has 0 radical (unpaired) electrons. The second-order valence-electron chi connectivity index (χ2n) is 6.28. The van der Waals surface area contributed by atoms with E-state index in [9.17, 15) is 9.90 Å². The molecular formula is C19H19N3O2. The van der Waals surface area contributed by atoms with Crippen LogP contribution in [0.25, 0.3) is 0 Å². The fourth-order valence-electron chi connectivity index (χ4n) is 3.62. The summed E-state index contributed by atoms with van der Waals surface area (Å²) >= 11 is 0. The first-order valence-corrected chi connectivity index (χ1v) is 8.16. The molecule has 0 amide bonds. The van der Waals surface area contributed by atoms with Crippen LogP contribution in [0.1, 0.15) is 16.8 Å². The molecular weight excluding hydrogens is 302 g/mol. The van der Waals surface area contributed by atoms with E-state index in [2.05, 4.69) is 14.8 Å². The maximum Gasteiger partial charge on any atom is 0.190 e. The summed E-state index contributed by atoms with van der Waals surface area (Å²) in [5.74, 6) is 0.882. The van der Waals surface area contributed by atoms with Crippen LogP contribution in [0.5, 0.6) is 5.75 Å². The van der Waals surface area contributed by atoms with E-state index >= 15 is 0 Å². The molecule has 5 nitrogen and oxygen atoms in total. The van der Waals surface area contributed by atoms with Gasteiger partial charge in [0.25, 0.3) is 0 Å². The molecule has 4 rings (SSSR count). The average Bonchev–Trinajstić information content (AvgIpc) is 3.21. The zero-order chi connectivity index (χ0) is 16.5. The van der Waals surface area contributed by atoms with E-state index < -0.39 is 0 Å². The van der Waals surface area contributed by atoms with Crippen LogP contribution in [0.3, 0.4) is 0 Å². The van der Waals surface area contributed by atoms with Crippen molar-refractivity contribution in [3.8, 4) is 5.75 Å². The molecule has 0 saturated carbocycles. The largest absolute Gasteiger partial charge is 0.507 e. The number of aromatic nitrogens is 1. The molecule has 2 atom stereocenters. The van der Waals surface area contributed by atoms with Crippen molar-refractivity contribution in [1.82, 2.24) is 9.88 Å². The molecule has 2 bridgehead atoms. The van der Waals surface area contributed by atoms with Crippen LogP contribution < -0.4 is 4.90 Å². The summed E-state index contributed by atoms with van der Waals surface area (Å²) in [6, 6.07) is 13.5. The Morgan fingerprint density at radius 1 is 1.12 bits per heavy atom. The Morgan fingerprint density at radius 2 is 1.96 bits per heavy atom. The number of phenols is 1. The minimum Gasteiger partial charge on any atom is -0.507 e. The lowest BCUT2D eigenvalue weighted by Crippen LogP contribution is -2.44. The topological polar surface area (TPSA) is 56.7 Å². The molecule has 24 heavy (non-hydrogen) atoms. The quantitative estimate of drug-likeness (QED) is 0.692. The number of anilines is 1. The predicted molar refractivity (Wildman–Crippen MR) is 92.1 cm³/mol. The monoisotopic (exact) mass is 321 g/mol. The van der Waals surface area contributed by atoms with Crippen LogP contribution in [0.15, 0.2) is 60.9 Å². The van der Waals surface area contributed by atoms with Gasteiger partial charge in [0.15, 0.2) is 5.78 Å². The van der Waals surface area contributed by atoms with E-state index in [1.54, 1.807) is 24.3 Å². The fraction of sp³-hybridized carbons (Fsp3) is 0.263. The number of ketones is 1. The van der Waals surface area contributed by atoms with Gasteiger partial charge in [0, 0.05) is 43.6 Å². The Morgan fingerprint density at radius 3 is 2.67 bits per heavy atom. The number of carbonyl (C=O) groups is 1. The van der Waals surface area contributed by atoms with Crippen molar-refractivity contribution in [2.24, 2.45) is 0 Å². The number of likely N-dealkylation sites (tertiary alicyclic amines) is 1. The summed E-state index contributed by atoms with van der Waals surface area (Å²) in [4.78, 5) is 21.2. The van der Waals surface area contributed by atoms with Crippen molar-refractivity contribution in [2.75, 3.05) is 18.0 Å². The van der Waals surface area contributed by atoms with E-state index in [0.29, 0.717) is 17.6 Å². The first kappa shape index (κ1) is 14.8. The molecule has 1 aromatic carbocycles. The van der Waals surface area contributed by atoms with Crippen LogP contribution in [0.4, 0.5) is 5.82 Å². The van der Waals surface area contributed by atoms with Gasteiger partial charge in [-0.25, -0.2) is 4.98 Å². The van der Waals surface area contributed by atoms with Crippen molar-refractivity contribution in [1.29, 1.82) is 0 Å². The van der Waals surface area contributed by atoms with Crippen molar-refractivity contribution < 1.29 is 9.90 Å². The van der Waals surface area contributed by atoms with Crippen LogP contribution in [-0.4, -0.2) is 45.9 Å². The Hall–Kier alpha value is -2.82. The molecule has 2 saturated heterocycles. The molecule has 2 aliphatic heterocycles. The number of hydrogen-bond donors (Lipinski definition) is 1. The van der Waals surface area contributed by atoms with Gasteiger partial charge in [-0.3, -0.25) is 4.79 Å². The van der Waals surface area contributed by atoms with Crippen LogP contribution in [0.2, 0.25) is 0 Å². The van der Waals surface area contributed by atoms with Gasteiger partial charge in [-0.15, -0.1) is 0 Å². The van der Waals surface area contributed by atoms with Gasteiger partial charge in [-0.05, 0) is 30.7 Å². The highest BCUT2D eigenvalue weighted by Crippen LogP contribution is 2.33. The Bertz CT molecular complexity index is 775. The third-order valence-electron chi connectivity index (χ3n) is 4.81. The number of benzene rings is 1. The number of nitrogens with zero attached hydrogens (tertiary/aromatic N) is 3. The normalized spacial score (nSPS) is 22.5. The van der Waals surface area contributed by atoms with Crippen molar-refractivity contribution >= 4 is 11.6 Å². The highest BCUT2D eigenvalue weighted by Gasteiger charge is 2.42. The number of pyridine rings is 1. The summed E-state index contributed by atoms with van der Waals surface area (Å²) in [5, 5.41) is 9.76. The molecule has 0 spiro atoms. The van der Waals surface area contributed by atoms with E-state index in [0.717, 1.165) is 25.3 Å². The third kappa shape index (κ3) is 2.62. The summed E-state index contributed by atoms with van der Waals surface area (Å²) < 4.78 is 0. The molecule has 1 N–H and O–H groups in total. The van der Waals surface area contributed by atoms with Gasteiger partial charge < -0.3 is 14.9 Å². The Kier molecular flexibility index (Phi) is 3.69. The number of rotatable bonds is 4. The number of phenolic OH excluding ortho intramolecular Hbond substituents is 1. The standard InChI is InChI=1S/C19H19N3O2/c23-17-6-2-1-5-16(17)18(24)8-10-21-12-15-11-14(21)13-22(15)19-7-3-4-9-20-19/h1-10,14-15,23H,11-13H2/b10-8+. The smallest absolute Gasteiger partial charge is 0.190 e. The highest BCUT2D eigenvalue weighted by molar-refractivity contribution is 6.06. The van der Waals surface area contributed by atoms with Gasteiger partial charge in [0.05, 0.1) is 5.56 Å². The maximum absolute atomic E-state index is 12.2. The van der Waals surface area contributed by atoms with Crippen LogP contribution in [-0.2, 0) is 0 Å². The summed E-state index contributed by atoms with van der Waals surface area (Å²) in [5.41, 5.74) is 0.341. The van der Waals surface area contributed by atoms with Crippen LogP contribution in [0, 0.1) is 0 Å². The van der Waals surface area contributed by atoms with Crippen molar-refractivity contribution in [3.63, 3.8) is 0 Å². The van der Waals surface area contributed by atoms with Gasteiger partial charge in [-0.2, -0.15) is 0 Å². The minimum absolute atomic E-state index is 0.0245. The Labute approximate surface area is 140 Å².